The third-order valence-corrected chi connectivity index (χ3v) is 9.20. The third-order valence-electron chi connectivity index (χ3n) is 9.20. The molecule has 3 aliphatic carbocycles. The first-order chi connectivity index (χ1) is 15.6. The molecule has 32 heavy (non-hydrogen) atoms. The van der Waals surface area contributed by atoms with E-state index in [-0.39, 0.29) is 18.3 Å². The average molecular weight is 447 g/mol. The van der Waals surface area contributed by atoms with Crippen molar-refractivity contribution in [2.24, 2.45) is 29.6 Å². The highest BCUT2D eigenvalue weighted by molar-refractivity contribution is 5.88. The molecule has 0 heterocycles. The van der Waals surface area contributed by atoms with Gasteiger partial charge in [0.1, 0.15) is 6.10 Å². The van der Waals surface area contributed by atoms with Gasteiger partial charge in [-0.05, 0) is 81.0 Å². The van der Waals surface area contributed by atoms with E-state index in [1.807, 2.05) is 0 Å². The van der Waals surface area contributed by atoms with Crippen molar-refractivity contribution in [3.05, 3.63) is 12.2 Å². The molecule has 0 spiro atoms. The van der Waals surface area contributed by atoms with E-state index in [1.165, 1.54) is 103 Å². The van der Waals surface area contributed by atoms with Crippen LogP contribution in [0.2, 0.25) is 0 Å². The summed E-state index contributed by atoms with van der Waals surface area (Å²) < 4.78 is 5.49. The Hall–Kier alpha value is -0.830. The molecule has 1 N–H and O–H groups in total. The van der Waals surface area contributed by atoms with Crippen molar-refractivity contribution in [1.29, 1.82) is 0 Å². The number of aliphatic hydroxyl groups is 1. The number of hydrogen-bond donors (Lipinski definition) is 1. The smallest absolute Gasteiger partial charge is 0.336 e. The number of rotatable bonds is 11. The number of aliphatic hydroxyl groups excluding tert-OH is 1. The maximum Gasteiger partial charge on any atom is 0.336 e. The van der Waals surface area contributed by atoms with Crippen LogP contribution in [0, 0.1) is 29.6 Å². The number of ether oxygens (including phenoxy) is 1. The summed E-state index contributed by atoms with van der Waals surface area (Å²) >= 11 is 0. The van der Waals surface area contributed by atoms with Crippen molar-refractivity contribution in [3.8, 4) is 0 Å². The van der Waals surface area contributed by atoms with Crippen LogP contribution in [-0.2, 0) is 9.53 Å². The molecule has 0 atom stereocenters. The molecule has 3 heteroatoms. The molecule has 0 bridgehead atoms. The Kier molecular flexibility index (Phi) is 11.1. The first-order valence-corrected chi connectivity index (χ1v) is 14.1. The first kappa shape index (κ1) is 25.8. The number of unbranched alkanes of at least 4 members (excludes halogenated alkanes) is 2. The molecular weight excluding hydrogens is 396 g/mol. The van der Waals surface area contributed by atoms with Gasteiger partial charge in [0.2, 0.25) is 0 Å². The summed E-state index contributed by atoms with van der Waals surface area (Å²) in [7, 11) is 0. The fraction of sp³-hybridized carbons (Fsp3) is 0.897. The molecule has 0 saturated heterocycles. The predicted molar refractivity (Wildman–Crippen MR) is 132 cm³/mol. The van der Waals surface area contributed by atoms with Gasteiger partial charge in [-0.15, -0.1) is 0 Å². The second kappa shape index (κ2) is 13.8. The van der Waals surface area contributed by atoms with Crippen LogP contribution in [0.15, 0.2) is 12.2 Å². The SMILES string of the molecule is C=C(CO)C(=O)OC1CCC(CCC2CCC(C3CCC(CCCCC)CC3)CC2)CC1. The Bertz CT molecular complexity index is 547. The largest absolute Gasteiger partial charge is 0.459 e. The maximum atomic E-state index is 11.8. The second-order valence-corrected chi connectivity index (χ2v) is 11.4. The molecule has 184 valence electrons. The molecular formula is C29H50O3. The average Bonchev–Trinajstić information content (AvgIpc) is 2.84. The van der Waals surface area contributed by atoms with E-state index in [0.717, 1.165) is 42.4 Å². The molecule has 3 rings (SSSR count). The van der Waals surface area contributed by atoms with Gasteiger partial charge in [0, 0.05) is 0 Å². The molecule has 0 aliphatic heterocycles. The normalized spacial score (nSPS) is 33.6. The van der Waals surface area contributed by atoms with E-state index in [2.05, 4.69) is 13.5 Å². The summed E-state index contributed by atoms with van der Waals surface area (Å²) in [4.78, 5) is 11.8. The van der Waals surface area contributed by atoms with Crippen LogP contribution in [0.5, 0.6) is 0 Å². The minimum atomic E-state index is -0.419. The van der Waals surface area contributed by atoms with E-state index in [0.29, 0.717) is 0 Å². The van der Waals surface area contributed by atoms with Gasteiger partial charge in [0.15, 0.2) is 0 Å². The predicted octanol–water partition coefficient (Wildman–Crippen LogP) is 7.61. The minimum absolute atomic E-state index is 0.0271. The molecule has 0 aromatic rings. The lowest BCUT2D eigenvalue weighted by molar-refractivity contribution is -0.146. The van der Waals surface area contributed by atoms with E-state index in [1.54, 1.807) is 0 Å². The van der Waals surface area contributed by atoms with Crippen molar-refractivity contribution in [1.82, 2.24) is 0 Å². The molecule has 3 saturated carbocycles. The van der Waals surface area contributed by atoms with E-state index in [4.69, 9.17) is 9.84 Å². The molecule has 3 aliphatic rings. The Balaban J connectivity index is 1.25. The van der Waals surface area contributed by atoms with Gasteiger partial charge < -0.3 is 9.84 Å². The molecule has 0 radical (unpaired) electrons. The van der Waals surface area contributed by atoms with Crippen LogP contribution >= 0.6 is 0 Å². The van der Waals surface area contributed by atoms with Gasteiger partial charge in [0.25, 0.3) is 0 Å². The minimum Gasteiger partial charge on any atom is -0.459 e. The lowest BCUT2D eigenvalue weighted by Gasteiger charge is -2.38. The molecule has 0 amide bonds. The van der Waals surface area contributed by atoms with Crippen LogP contribution in [-0.4, -0.2) is 23.8 Å². The Morgan fingerprint density at radius 2 is 1.22 bits per heavy atom. The number of carbonyl (C=O) groups excluding carboxylic acids is 1. The van der Waals surface area contributed by atoms with Crippen molar-refractivity contribution >= 4 is 5.97 Å². The summed E-state index contributed by atoms with van der Waals surface area (Å²) in [6.45, 7) is 5.57. The molecule has 0 aromatic heterocycles. The Morgan fingerprint density at radius 3 is 1.69 bits per heavy atom. The summed E-state index contributed by atoms with van der Waals surface area (Å²) in [6.07, 6.45) is 24.9. The van der Waals surface area contributed by atoms with Crippen molar-refractivity contribution in [3.63, 3.8) is 0 Å². The van der Waals surface area contributed by atoms with Gasteiger partial charge in [-0.25, -0.2) is 4.79 Å². The van der Waals surface area contributed by atoms with E-state index < -0.39 is 5.97 Å². The van der Waals surface area contributed by atoms with Gasteiger partial charge in [-0.2, -0.15) is 0 Å². The van der Waals surface area contributed by atoms with Crippen LogP contribution in [0.3, 0.4) is 0 Å². The van der Waals surface area contributed by atoms with Gasteiger partial charge >= 0.3 is 5.97 Å². The number of hydrogen-bond acceptors (Lipinski definition) is 3. The van der Waals surface area contributed by atoms with Crippen molar-refractivity contribution < 1.29 is 14.6 Å². The van der Waals surface area contributed by atoms with E-state index >= 15 is 0 Å². The first-order valence-electron chi connectivity index (χ1n) is 14.1. The quantitative estimate of drug-likeness (QED) is 0.202. The summed E-state index contributed by atoms with van der Waals surface area (Å²) in [6, 6.07) is 0. The fourth-order valence-corrected chi connectivity index (χ4v) is 6.89. The second-order valence-electron chi connectivity index (χ2n) is 11.4. The highest BCUT2D eigenvalue weighted by Crippen LogP contribution is 2.43. The highest BCUT2D eigenvalue weighted by atomic mass is 16.5. The lowest BCUT2D eigenvalue weighted by atomic mass is 9.68. The topological polar surface area (TPSA) is 46.5 Å². The standard InChI is InChI=1S/C29H50O3/c1-3-4-5-6-23-9-15-26(16-10-23)27-17-11-24(12-18-27)7-8-25-13-19-28(20-14-25)32-29(31)22(2)21-30/h23-28,30H,2-21H2,1H3. The molecule has 0 aromatic carbocycles. The van der Waals surface area contributed by atoms with E-state index in [9.17, 15) is 4.79 Å². The lowest BCUT2D eigenvalue weighted by Crippen LogP contribution is -2.27. The van der Waals surface area contributed by atoms with Crippen molar-refractivity contribution in [2.45, 2.75) is 129 Å². The van der Waals surface area contributed by atoms with Gasteiger partial charge in [-0.3, -0.25) is 0 Å². The van der Waals surface area contributed by atoms with Gasteiger partial charge in [0.05, 0.1) is 12.2 Å². The van der Waals surface area contributed by atoms with Crippen molar-refractivity contribution in [2.75, 3.05) is 6.61 Å². The zero-order valence-electron chi connectivity index (χ0n) is 20.9. The Labute approximate surface area is 197 Å². The highest BCUT2D eigenvalue weighted by Gasteiger charge is 2.31. The van der Waals surface area contributed by atoms with Crippen LogP contribution in [0.4, 0.5) is 0 Å². The molecule has 0 unspecified atom stereocenters. The summed E-state index contributed by atoms with van der Waals surface area (Å²) in [5.41, 5.74) is 0.169. The van der Waals surface area contributed by atoms with Crippen LogP contribution < -0.4 is 0 Å². The monoisotopic (exact) mass is 446 g/mol. The number of carbonyl (C=O) groups is 1. The maximum absolute atomic E-state index is 11.8. The fourth-order valence-electron chi connectivity index (χ4n) is 6.89. The van der Waals surface area contributed by atoms with Crippen LogP contribution in [0.1, 0.15) is 122 Å². The molecule has 3 fully saturated rings. The zero-order chi connectivity index (χ0) is 22.8. The summed E-state index contributed by atoms with van der Waals surface area (Å²) in [5.74, 6) is 4.46. The van der Waals surface area contributed by atoms with Gasteiger partial charge in [-0.1, -0.05) is 77.7 Å². The zero-order valence-corrected chi connectivity index (χ0v) is 20.9. The number of esters is 1. The third kappa shape index (κ3) is 8.19. The summed E-state index contributed by atoms with van der Waals surface area (Å²) in [5, 5.41) is 9.01. The molecule has 3 nitrogen and oxygen atoms in total. The Morgan fingerprint density at radius 1 is 0.750 bits per heavy atom. The van der Waals surface area contributed by atoms with Crippen LogP contribution in [0.25, 0.3) is 0 Å².